The average molecular weight is 315 g/mol. The van der Waals surface area contributed by atoms with E-state index in [1.54, 1.807) is 0 Å². The van der Waals surface area contributed by atoms with E-state index in [2.05, 4.69) is 0 Å². The first-order valence-electron chi connectivity index (χ1n) is 2.91. The number of halogens is 1. The second-order valence-corrected chi connectivity index (χ2v) is 1.47. The van der Waals surface area contributed by atoms with Gasteiger partial charge in [-0.25, -0.2) is 0 Å². The topological polar surface area (TPSA) is 120 Å². The van der Waals surface area contributed by atoms with Crippen LogP contribution in [-0.2, 0) is 14.4 Å². The van der Waals surface area contributed by atoms with Gasteiger partial charge in [-0.05, 0) is 20.8 Å². The molecule has 0 N–H and O–H groups in total. The van der Waals surface area contributed by atoms with E-state index in [1.165, 1.54) is 0 Å². The van der Waals surface area contributed by atoms with Crippen molar-refractivity contribution in [2.75, 3.05) is 0 Å². The van der Waals surface area contributed by atoms with Crippen molar-refractivity contribution in [3.8, 4) is 0 Å². The third kappa shape index (κ3) is 1540. The summed E-state index contributed by atoms with van der Waals surface area (Å²) in [6.45, 7) is 2.92. The molecule has 80 valence electrons. The van der Waals surface area contributed by atoms with Gasteiger partial charge in [0.05, 0.1) is 0 Å². The Kier molecular flexibility index (Phi) is 37.6. The minimum atomic E-state index is -1.08. The summed E-state index contributed by atoms with van der Waals surface area (Å²) < 4.78 is 9.59. The molecule has 0 aliphatic rings. The third-order valence-electron chi connectivity index (χ3n) is 0. The van der Waals surface area contributed by atoms with E-state index in [1.807, 2.05) is 0 Å². The molecule has 0 heterocycles. The SMILES string of the molecule is CC(=O)[O-].CC(=O)[O-].CC(=O)[O-].[F][Sn+3]. The average Bonchev–Trinajstić information content (AvgIpc) is 1.86. The van der Waals surface area contributed by atoms with E-state index in [9.17, 15) is 2.87 Å². The number of carbonyl (C=O) groups excluding carboxylic acids is 3. The van der Waals surface area contributed by atoms with Gasteiger partial charge in [0.15, 0.2) is 0 Å². The molecular formula is C6H9FO6Sn. The summed E-state index contributed by atoms with van der Waals surface area (Å²) in [6, 6.07) is 0. The first-order valence-corrected chi connectivity index (χ1v) is 3.99. The van der Waals surface area contributed by atoms with Crippen LogP contribution in [0.5, 0.6) is 0 Å². The summed E-state index contributed by atoms with van der Waals surface area (Å²) >= 11 is 0.0500. The normalized spacial score (nSPS) is 5.86. The van der Waals surface area contributed by atoms with Crippen LogP contribution in [0.4, 0.5) is 2.87 Å². The predicted octanol–water partition coefficient (Wildman–Crippen LogP) is -3.69. The van der Waals surface area contributed by atoms with Crippen LogP contribution in [0.25, 0.3) is 0 Å². The van der Waals surface area contributed by atoms with Crippen molar-refractivity contribution in [1.29, 1.82) is 0 Å². The van der Waals surface area contributed by atoms with E-state index >= 15 is 0 Å². The summed E-state index contributed by atoms with van der Waals surface area (Å²) in [7, 11) is 0. The second-order valence-electron chi connectivity index (χ2n) is 1.47. The van der Waals surface area contributed by atoms with Crippen LogP contribution in [0.3, 0.4) is 0 Å². The fourth-order valence-corrected chi connectivity index (χ4v) is 0. The molecule has 0 fully saturated rings. The van der Waals surface area contributed by atoms with Crippen LogP contribution in [0.2, 0.25) is 0 Å². The fourth-order valence-electron chi connectivity index (χ4n) is 0. The Hall–Kier alpha value is -0.861. The van der Waals surface area contributed by atoms with Crippen molar-refractivity contribution < 1.29 is 32.6 Å². The molecule has 0 saturated carbocycles. The molecule has 0 aromatic rings. The van der Waals surface area contributed by atoms with Gasteiger partial charge in [-0.2, -0.15) is 0 Å². The summed E-state index contributed by atoms with van der Waals surface area (Å²) in [5.74, 6) is -3.25. The Morgan fingerprint density at radius 1 is 0.786 bits per heavy atom. The van der Waals surface area contributed by atoms with Gasteiger partial charge in [0.1, 0.15) is 0 Å². The molecular weight excluding hydrogens is 306 g/mol. The molecule has 0 rings (SSSR count). The molecule has 14 heavy (non-hydrogen) atoms. The second kappa shape index (κ2) is 22.7. The summed E-state index contributed by atoms with van der Waals surface area (Å²) in [5.41, 5.74) is 0. The summed E-state index contributed by atoms with van der Waals surface area (Å²) in [5, 5.41) is 26.7. The van der Waals surface area contributed by atoms with E-state index < -0.39 is 17.9 Å². The van der Waals surface area contributed by atoms with E-state index in [4.69, 9.17) is 29.7 Å². The Bertz CT molecular complexity index is 120. The minimum absolute atomic E-state index is 0.0500. The van der Waals surface area contributed by atoms with Crippen LogP contribution in [0.1, 0.15) is 20.8 Å². The van der Waals surface area contributed by atoms with Gasteiger partial charge >= 0.3 is 26.0 Å². The molecule has 0 aliphatic heterocycles. The molecule has 0 saturated heterocycles. The van der Waals surface area contributed by atoms with Crippen LogP contribution in [0.15, 0.2) is 0 Å². The monoisotopic (exact) mass is 316 g/mol. The van der Waals surface area contributed by atoms with Crippen molar-refractivity contribution in [2.45, 2.75) is 20.8 Å². The predicted molar refractivity (Wildman–Crippen MR) is 38.9 cm³/mol. The van der Waals surface area contributed by atoms with Crippen molar-refractivity contribution in [2.24, 2.45) is 0 Å². The number of hydrogen-bond donors (Lipinski definition) is 0. The number of hydrogen-bond acceptors (Lipinski definition) is 6. The molecule has 0 aromatic carbocycles. The maximum absolute atomic E-state index is 9.59. The zero-order chi connectivity index (χ0) is 12.7. The number of carboxylic acids is 3. The zero-order valence-corrected chi connectivity index (χ0v) is 10.7. The van der Waals surface area contributed by atoms with E-state index in [-0.39, 0.29) is 23.1 Å². The van der Waals surface area contributed by atoms with Gasteiger partial charge in [0.25, 0.3) is 0 Å². The molecule has 0 bridgehead atoms. The van der Waals surface area contributed by atoms with Crippen LogP contribution < -0.4 is 15.3 Å². The van der Waals surface area contributed by atoms with Crippen molar-refractivity contribution in [3.05, 3.63) is 0 Å². The third-order valence-corrected chi connectivity index (χ3v) is 0. The molecule has 0 spiro atoms. The van der Waals surface area contributed by atoms with Gasteiger partial charge in [0, 0.05) is 17.9 Å². The zero-order valence-electron chi connectivity index (χ0n) is 7.83. The number of aliphatic carboxylic acids is 3. The van der Waals surface area contributed by atoms with Crippen molar-refractivity contribution >= 4 is 41.0 Å². The van der Waals surface area contributed by atoms with Crippen LogP contribution in [0, 0.1) is 0 Å². The van der Waals surface area contributed by atoms with Gasteiger partial charge in [-0.3, -0.25) is 0 Å². The van der Waals surface area contributed by atoms with E-state index in [0.29, 0.717) is 0 Å². The summed E-state index contributed by atoms with van der Waals surface area (Å²) in [4.78, 5) is 26.7. The molecule has 0 unspecified atom stereocenters. The molecule has 0 atom stereocenters. The molecule has 0 radical (unpaired) electrons. The van der Waals surface area contributed by atoms with Crippen molar-refractivity contribution in [3.63, 3.8) is 0 Å². The van der Waals surface area contributed by atoms with E-state index in [0.717, 1.165) is 20.8 Å². The Morgan fingerprint density at radius 2 is 0.786 bits per heavy atom. The van der Waals surface area contributed by atoms with Gasteiger partial charge < -0.3 is 29.7 Å². The Balaban J connectivity index is -0.0000000492. The molecule has 8 heteroatoms. The number of carboxylic acid groups (broad SMARTS) is 3. The quantitative estimate of drug-likeness (QED) is 0.424. The maximum atomic E-state index is 9.59. The molecule has 0 aromatic heterocycles. The first kappa shape index (κ1) is 23.2. The number of carbonyl (C=O) groups is 3. The number of rotatable bonds is 0. The van der Waals surface area contributed by atoms with Crippen LogP contribution >= 0.6 is 0 Å². The van der Waals surface area contributed by atoms with Crippen LogP contribution in [-0.4, -0.2) is 41.0 Å². The molecule has 0 aliphatic carbocycles. The fraction of sp³-hybridized carbons (Fsp3) is 0.500. The van der Waals surface area contributed by atoms with Gasteiger partial charge in [0.2, 0.25) is 0 Å². The van der Waals surface area contributed by atoms with Gasteiger partial charge in [-0.15, -0.1) is 0 Å². The summed E-state index contributed by atoms with van der Waals surface area (Å²) in [6.07, 6.45) is 0. The van der Waals surface area contributed by atoms with Crippen molar-refractivity contribution in [1.82, 2.24) is 0 Å². The van der Waals surface area contributed by atoms with Gasteiger partial charge in [-0.1, -0.05) is 0 Å². The molecule has 0 amide bonds. The first-order chi connectivity index (χ1) is 6.20. The molecule has 6 nitrogen and oxygen atoms in total. The Labute approximate surface area is 94.6 Å². The Morgan fingerprint density at radius 3 is 0.786 bits per heavy atom. The standard InChI is InChI=1S/3C2H4O2.FH.Sn/c3*1-2(3)4;;/h3*1H3,(H,3,4);1H;/q;;;;+4/p-4.